The molecular weight excluding hydrogens is 264 g/mol. The quantitative estimate of drug-likeness (QED) is 0.394. The van der Waals surface area contributed by atoms with Crippen molar-refractivity contribution in [2.45, 2.75) is 0 Å². The molecule has 1 heterocycles. The molecule has 0 aliphatic heterocycles. The molecule has 0 bridgehead atoms. The van der Waals surface area contributed by atoms with E-state index in [1.54, 1.807) is 18.2 Å². The number of benzene rings is 1. The van der Waals surface area contributed by atoms with Gasteiger partial charge >= 0.3 is 0 Å². The standard InChI is InChI=1S/C13H12N2O3S/c1-9(8-19)7-18-12-5-4-11(15(16)17)13-10(12)3-2-6-14-13/h2-6,19H,1,7-8H2. The predicted octanol–water partition coefficient (Wildman–Crippen LogP) is 3.01. The zero-order valence-corrected chi connectivity index (χ0v) is 11.0. The van der Waals surface area contributed by atoms with Crippen LogP contribution in [-0.2, 0) is 0 Å². The molecular formula is C13H12N2O3S. The Morgan fingerprint density at radius 2 is 2.26 bits per heavy atom. The topological polar surface area (TPSA) is 65.3 Å². The van der Waals surface area contributed by atoms with Crippen LogP contribution < -0.4 is 4.74 Å². The zero-order chi connectivity index (χ0) is 13.8. The molecule has 2 rings (SSSR count). The van der Waals surface area contributed by atoms with Crippen molar-refractivity contribution in [1.29, 1.82) is 0 Å². The van der Waals surface area contributed by atoms with E-state index in [1.807, 2.05) is 0 Å². The number of nitro benzene ring substituents is 1. The molecule has 2 aromatic rings. The molecule has 0 aliphatic carbocycles. The molecule has 0 saturated heterocycles. The molecule has 0 spiro atoms. The Morgan fingerprint density at radius 3 is 2.95 bits per heavy atom. The molecule has 0 fully saturated rings. The summed E-state index contributed by atoms with van der Waals surface area (Å²) < 4.78 is 5.60. The van der Waals surface area contributed by atoms with Gasteiger partial charge in [-0.15, -0.1) is 0 Å². The molecule has 5 nitrogen and oxygen atoms in total. The van der Waals surface area contributed by atoms with E-state index in [0.717, 1.165) is 5.57 Å². The van der Waals surface area contributed by atoms with E-state index in [4.69, 9.17) is 4.74 Å². The minimum atomic E-state index is -0.453. The summed E-state index contributed by atoms with van der Waals surface area (Å²) in [6, 6.07) is 6.43. The van der Waals surface area contributed by atoms with Crippen LogP contribution in [0.2, 0.25) is 0 Å². The second-order valence-corrected chi connectivity index (χ2v) is 4.25. The number of pyridine rings is 1. The number of fused-ring (bicyclic) bond motifs is 1. The summed E-state index contributed by atoms with van der Waals surface area (Å²) >= 11 is 4.10. The van der Waals surface area contributed by atoms with Crippen LogP contribution in [0.4, 0.5) is 5.69 Å². The molecule has 1 aromatic heterocycles. The van der Waals surface area contributed by atoms with Crippen LogP contribution in [0, 0.1) is 10.1 Å². The van der Waals surface area contributed by atoms with Crippen molar-refractivity contribution in [1.82, 2.24) is 4.98 Å². The van der Waals surface area contributed by atoms with E-state index in [2.05, 4.69) is 24.2 Å². The van der Waals surface area contributed by atoms with Crippen molar-refractivity contribution < 1.29 is 9.66 Å². The summed E-state index contributed by atoms with van der Waals surface area (Å²) in [7, 11) is 0. The van der Waals surface area contributed by atoms with E-state index in [0.29, 0.717) is 29.0 Å². The van der Waals surface area contributed by atoms with Crippen molar-refractivity contribution in [3.8, 4) is 5.75 Å². The maximum absolute atomic E-state index is 10.9. The molecule has 0 aliphatic rings. The number of hydrogen-bond donors (Lipinski definition) is 1. The van der Waals surface area contributed by atoms with Gasteiger partial charge < -0.3 is 4.74 Å². The monoisotopic (exact) mass is 276 g/mol. The fourth-order valence-corrected chi connectivity index (χ4v) is 1.72. The first-order valence-electron chi connectivity index (χ1n) is 5.56. The van der Waals surface area contributed by atoms with Gasteiger partial charge in [-0.1, -0.05) is 6.58 Å². The molecule has 0 radical (unpaired) electrons. The Morgan fingerprint density at radius 1 is 1.47 bits per heavy atom. The van der Waals surface area contributed by atoms with Gasteiger partial charge in [0.15, 0.2) is 5.52 Å². The normalized spacial score (nSPS) is 10.4. The second kappa shape index (κ2) is 5.71. The molecule has 0 atom stereocenters. The van der Waals surface area contributed by atoms with E-state index in [-0.39, 0.29) is 5.69 Å². The van der Waals surface area contributed by atoms with Gasteiger partial charge in [0, 0.05) is 23.4 Å². The van der Waals surface area contributed by atoms with Crippen molar-refractivity contribution >= 4 is 29.2 Å². The summed E-state index contributed by atoms with van der Waals surface area (Å²) in [5, 5.41) is 11.6. The molecule has 98 valence electrons. The van der Waals surface area contributed by atoms with Crippen LogP contribution in [0.15, 0.2) is 42.6 Å². The Balaban J connectivity index is 2.44. The van der Waals surface area contributed by atoms with Gasteiger partial charge in [-0.05, 0) is 23.8 Å². The Kier molecular flexibility index (Phi) is 4.01. The number of ether oxygens (including phenoxy) is 1. The van der Waals surface area contributed by atoms with Crippen LogP contribution in [0.5, 0.6) is 5.75 Å². The number of aromatic nitrogens is 1. The summed E-state index contributed by atoms with van der Waals surface area (Å²) in [5.74, 6) is 1.08. The van der Waals surface area contributed by atoms with E-state index in [1.165, 1.54) is 12.3 Å². The Labute approximate surface area is 115 Å². The van der Waals surface area contributed by atoms with Crippen molar-refractivity contribution in [3.63, 3.8) is 0 Å². The third kappa shape index (κ3) is 2.85. The minimum Gasteiger partial charge on any atom is -0.489 e. The molecule has 0 amide bonds. The first-order chi connectivity index (χ1) is 9.13. The maximum Gasteiger partial charge on any atom is 0.295 e. The van der Waals surface area contributed by atoms with Crippen LogP contribution in [0.3, 0.4) is 0 Å². The molecule has 0 saturated carbocycles. The van der Waals surface area contributed by atoms with Gasteiger partial charge in [0.25, 0.3) is 5.69 Å². The third-order valence-electron chi connectivity index (χ3n) is 2.56. The van der Waals surface area contributed by atoms with Gasteiger partial charge in [0.05, 0.1) is 4.92 Å². The number of non-ortho nitro benzene ring substituents is 1. The molecule has 0 unspecified atom stereocenters. The van der Waals surface area contributed by atoms with Gasteiger partial charge in [-0.25, -0.2) is 4.98 Å². The minimum absolute atomic E-state index is 0.0315. The highest BCUT2D eigenvalue weighted by Crippen LogP contribution is 2.31. The van der Waals surface area contributed by atoms with E-state index in [9.17, 15) is 10.1 Å². The van der Waals surface area contributed by atoms with Crippen molar-refractivity contribution in [2.24, 2.45) is 0 Å². The van der Waals surface area contributed by atoms with Gasteiger partial charge in [0.1, 0.15) is 12.4 Å². The first-order valence-corrected chi connectivity index (χ1v) is 6.19. The summed E-state index contributed by atoms with van der Waals surface area (Å²) in [4.78, 5) is 14.5. The number of nitrogens with zero attached hydrogens (tertiary/aromatic N) is 2. The highest BCUT2D eigenvalue weighted by molar-refractivity contribution is 7.80. The van der Waals surface area contributed by atoms with Crippen LogP contribution in [0.1, 0.15) is 0 Å². The van der Waals surface area contributed by atoms with Crippen LogP contribution >= 0.6 is 12.6 Å². The van der Waals surface area contributed by atoms with Crippen LogP contribution in [-0.4, -0.2) is 22.3 Å². The lowest BCUT2D eigenvalue weighted by molar-refractivity contribution is -0.383. The van der Waals surface area contributed by atoms with Crippen LogP contribution in [0.25, 0.3) is 10.9 Å². The lowest BCUT2D eigenvalue weighted by Crippen LogP contribution is -2.02. The summed E-state index contributed by atoms with van der Waals surface area (Å²) in [6.07, 6.45) is 1.52. The van der Waals surface area contributed by atoms with E-state index < -0.39 is 4.92 Å². The fourth-order valence-electron chi connectivity index (χ4n) is 1.63. The highest BCUT2D eigenvalue weighted by Gasteiger charge is 2.15. The van der Waals surface area contributed by atoms with Crippen molar-refractivity contribution in [2.75, 3.05) is 12.4 Å². The first kappa shape index (κ1) is 13.4. The van der Waals surface area contributed by atoms with E-state index >= 15 is 0 Å². The third-order valence-corrected chi connectivity index (χ3v) is 3.01. The predicted molar refractivity (Wildman–Crippen MR) is 76.9 cm³/mol. The lowest BCUT2D eigenvalue weighted by atomic mass is 10.1. The van der Waals surface area contributed by atoms with Crippen molar-refractivity contribution in [3.05, 3.63) is 52.7 Å². The Bertz CT molecular complexity index is 643. The molecule has 0 N–H and O–H groups in total. The average molecular weight is 276 g/mol. The average Bonchev–Trinajstić information content (AvgIpc) is 2.43. The lowest BCUT2D eigenvalue weighted by Gasteiger charge is -2.09. The molecule has 6 heteroatoms. The smallest absolute Gasteiger partial charge is 0.295 e. The highest BCUT2D eigenvalue weighted by atomic mass is 32.1. The van der Waals surface area contributed by atoms with Gasteiger partial charge in [-0.3, -0.25) is 10.1 Å². The Hall–Kier alpha value is -2.08. The number of thiol groups is 1. The zero-order valence-electron chi connectivity index (χ0n) is 10.1. The largest absolute Gasteiger partial charge is 0.489 e. The molecule has 19 heavy (non-hydrogen) atoms. The summed E-state index contributed by atoms with van der Waals surface area (Å²) in [5.41, 5.74) is 1.12. The number of nitro groups is 1. The fraction of sp³-hybridized carbons (Fsp3) is 0.154. The SMILES string of the molecule is C=C(CS)COc1ccc([N+](=O)[O-])c2ncccc12. The maximum atomic E-state index is 10.9. The second-order valence-electron chi connectivity index (χ2n) is 3.94. The van der Waals surface area contributed by atoms with Gasteiger partial charge in [0.2, 0.25) is 0 Å². The molecule has 1 aromatic carbocycles. The summed E-state index contributed by atoms with van der Waals surface area (Å²) in [6.45, 7) is 4.11. The number of rotatable bonds is 5. The number of hydrogen-bond acceptors (Lipinski definition) is 5. The van der Waals surface area contributed by atoms with Gasteiger partial charge in [-0.2, -0.15) is 12.6 Å².